The molecule has 1 aliphatic rings. The van der Waals surface area contributed by atoms with Crippen LogP contribution in [0.15, 0.2) is 0 Å². The summed E-state index contributed by atoms with van der Waals surface area (Å²) in [6.07, 6.45) is 2.87. The molecule has 1 aromatic rings. The lowest BCUT2D eigenvalue weighted by molar-refractivity contribution is 0.499. The zero-order chi connectivity index (χ0) is 11.0. The third-order valence-electron chi connectivity index (χ3n) is 2.87. The number of hydrogen-bond donors (Lipinski definition) is 0. The minimum absolute atomic E-state index is 0.232. The van der Waals surface area contributed by atoms with E-state index in [1.807, 2.05) is 0 Å². The van der Waals surface area contributed by atoms with Gasteiger partial charge in [-0.05, 0) is 36.3 Å². The molecule has 1 unspecified atom stereocenters. The Balaban J connectivity index is 2.64. The number of fused-ring (bicyclic) bond motifs is 1. The van der Waals surface area contributed by atoms with Crippen molar-refractivity contribution < 1.29 is 0 Å². The molecule has 2 nitrogen and oxygen atoms in total. The molecule has 0 N–H and O–H groups in total. The topological polar surface area (TPSA) is 36.7 Å². The SMILES string of the molecule is CC1CCc2c(Cl)nc(Cl)c(C#N)c2C1. The molecule has 0 saturated heterocycles. The van der Waals surface area contributed by atoms with Crippen LogP contribution in [0.25, 0.3) is 0 Å². The first kappa shape index (κ1) is 10.7. The van der Waals surface area contributed by atoms with Gasteiger partial charge in [0, 0.05) is 0 Å². The molecule has 1 aliphatic carbocycles. The van der Waals surface area contributed by atoms with Gasteiger partial charge in [-0.25, -0.2) is 4.98 Å². The van der Waals surface area contributed by atoms with Gasteiger partial charge in [0.15, 0.2) is 0 Å². The van der Waals surface area contributed by atoms with E-state index in [1.165, 1.54) is 0 Å². The summed E-state index contributed by atoms with van der Waals surface area (Å²) in [6.45, 7) is 2.17. The van der Waals surface area contributed by atoms with E-state index in [2.05, 4.69) is 18.0 Å². The second kappa shape index (κ2) is 4.00. The van der Waals surface area contributed by atoms with Crippen molar-refractivity contribution in [3.05, 3.63) is 27.0 Å². The molecule has 1 heterocycles. The number of aromatic nitrogens is 1. The van der Waals surface area contributed by atoms with Crippen molar-refractivity contribution in [2.75, 3.05) is 0 Å². The van der Waals surface area contributed by atoms with Gasteiger partial charge >= 0.3 is 0 Å². The van der Waals surface area contributed by atoms with Gasteiger partial charge in [-0.15, -0.1) is 0 Å². The fourth-order valence-electron chi connectivity index (χ4n) is 2.04. The van der Waals surface area contributed by atoms with Gasteiger partial charge in [0.2, 0.25) is 0 Å². The zero-order valence-corrected chi connectivity index (χ0v) is 9.86. The van der Waals surface area contributed by atoms with Gasteiger partial charge < -0.3 is 0 Å². The van der Waals surface area contributed by atoms with Crippen molar-refractivity contribution in [2.45, 2.75) is 26.2 Å². The molecule has 1 aromatic heterocycles. The van der Waals surface area contributed by atoms with E-state index in [9.17, 15) is 0 Å². The Kier molecular flexibility index (Phi) is 2.86. The minimum Gasteiger partial charge on any atom is -0.223 e. The van der Waals surface area contributed by atoms with Crippen LogP contribution in [0.5, 0.6) is 0 Å². The Morgan fingerprint density at radius 1 is 1.33 bits per heavy atom. The third-order valence-corrected chi connectivity index (χ3v) is 3.46. The largest absolute Gasteiger partial charge is 0.223 e. The molecular weight excluding hydrogens is 231 g/mol. The predicted octanol–water partition coefficient (Wildman–Crippen LogP) is 3.38. The highest BCUT2D eigenvalue weighted by atomic mass is 35.5. The first-order chi connectivity index (χ1) is 7.13. The molecule has 0 saturated carbocycles. The summed E-state index contributed by atoms with van der Waals surface area (Å²) in [5.41, 5.74) is 2.51. The maximum Gasteiger partial charge on any atom is 0.148 e. The molecule has 0 radical (unpaired) electrons. The van der Waals surface area contributed by atoms with Crippen molar-refractivity contribution in [2.24, 2.45) is 5.92 Å². The molecule has 15 heavy (non-hydrogen) atoms. The first-order valence-corrected chi connectivity index (χ1v) is 5.66. The van der Waals surface area contributed by atoms with Crippen LogP contribution >= 0.6 is 23.2 Å². The van der Waals surface area contributed by atoms with Crippen LogP contribution in [0.4, 0.5) is 0 Å². The lowest BCUT2D eigenvalue weighted by Crippen LogP contribution is -2.14. The van der Waals surface area contributed by atoms with Gasteiger partial charge in [-0.2, -0.15) is 5.26 Å². The molecule has 4 heteroatoms. The van der Waals surface area contributed by atoms with E-state index >= 15 is 0 Å². The van der Waals surface area contributed by atoms with Crippen molar-refractivity contribution in [3.63, 3.8) is 0 Å². The molecule has 2 rings (SSSR count). The number of nitrogens with zero attached hydrogens (tertiary/aromatic N) is 2. The third kappa shape index (κ3) is 1.82. The van der Waals surface area contributed by atoms with Crippen LogP contribution < -0.4 is 0 Å². The summed E-state index contributed by atoms with van der Waals surface area (Å²) >= 11 is 11.9. The van der Waals surface area contributed by atoms with Crippen molar-refractivity contribution in [3.8, 4) is 6.07 Å². The molecule has 0 aromatic carbocycles. The maximum atomic E-state index is 9.03. The highest BCUT2D eigenvalue weighted by Gasteiger charge is 2.23. The highest BCUT2D eigenvalue weighted by molar-refractivity contribution is 6.33. The summed E-state index contributed by atoms with van der Waals surface area (Å²) < 4.78 is 0. The smallest absolute Gasteiger partial charge is 0.148 e. The second-order valence-electron chi connectivity index (χ2n) is 3.99. The summed E-state index contributed by atoms with van der Waals surface area (Å²) in [5, 5.41) is 9.73. The van der Waals surface area contributed by atoms with E-state index in [0.717, 1.165) is 30.4 Å². The predicted molar refractivity (Wildman–Crippen MR) is 60.2 cm³/mol. The van der Waals surface area contributed by atoms with Crippen molar-refractivity contribution >= 4 is 23.2 Å². The molecule has 78 valence electrons. The van der Waals surface area contributed by atoms with Gasteiger partial charge in [-0.3, -0.25) is 0 Å². The van der Waals surface area contributed by atoms with Crippen LogP contribution in [-0.4, -0.2) is 4.98 Å². The number of nitriles is 1. The fourth-order valence-corrected chi connectivity index (χ4v) is 2.62. The lowest BCUT2D eigenvalue weighted by atomic mass is 9.84. The van der Waals surface area contributed by atoms with Gasteiger partial charge in [0.05, 0.1) is 5.56 Å². The minimum atomic E-state index is 0.232. The van der Waals surface area contributed by atoms with Crippen LogP contribution in [0.3, 0.4) is 0 Å². The van der Waals surface area contributed by atoms with Crippen LogP contribution in [0, 0.1) is 17.2 Å². The number of rotatable bonds is 0. The van der Waals surface area contributed by atoms with Crippen LogP contribution in [0.1, 0.15) is 30.0 Å². The van der Waals surface area contributed by atoms with Crippen molar-refractivity contribution in [1.82, 2.24) is 4.98 Å². The number of hydrogen-bond acceptors (Lipinski definition) is 2. The molecule has 0 aliphatic heterocycles. The lowest BCUT2D eigenvalue weighted by Gasteiger charge is -2.23. The second-order valence-corrected chi connectivity index (χ2v) is 4.70. The van der Waals surface area contributed by atoms with Crippen molar-refractivity contribution in [1.29, 1.82) is 5.26 Å². The molecule has 0 fully saturated rings. The van der Waals surface area contributed by atoms with Crippen LogP contribution in [0.2, 0.25) is 10.3 Å². The fraction of sp³-hybridized carbons (Fsp3) is 0.455. The summed E-state index contributed by atoms with van der Waals surface area (Å²) in [5.74, 6) is 0.583. The number of pyridine rings is 1. The van der Waals surface area contributed by atoms with Crippen LogP contribution in [-0.2, 0) is 12.8 Å². The Labute approximate surface area is 98.8 Å². The summed E-state index contributed by atoms with van der Waals surface area (Å²) in [7, 11) is 0. The molecule has 0 spiro atoms. The van der Waals surface area contributed by atoms with E-state index in [4.69, 9.17) is 28.5 Å². The van der Waals surface area contributed by atoms with E-state index in [0.29, 0.717) is 16.6 Å². The zero-order valence-electron chi connectivity index (χ0n) is 8.35. The average Bonchev–Trinajstić information content (AvgIpc) is 2.17. The highest BCUT2D eigenvalue weighted by Crippen LogP contribution is 2.34. The Hall–Kier alpha value is -0.780. The van der Waals surface area contributed by atoms with E-state index in [1.54, 1.807) is 0 Å². The average molecular weight is 241 g/mol. The normalized spacial score (nSPS) is 19.5. The number of halogens is 2. The Morgan fingerprint density at radius 2 is 2.07 bits per heavy atom. The molecular formula is C11H10Cl2N2. The Bertz CT molecular complexity index is 449. The van der Waals surface area contributed by atoms with E-state index < -0.39 is 0 Å². The van der Waals surface area contributed by atoms with Gasteiger partial charge in [0.25, 0.3) is 0 Å². The van der Waals surface area contributed by atoms with Gasteiger partial charge in [0.1, 0.15) is 16.4 Å². The molecule has 1 atom stereocenters. The molecule has 0 bridgehead atoms. The Morgan fingerprint density at radius 3 is 2.73 bits per heavy atom. The summed E-state index contributed by atoms with van der Waals surface area (Å²) in [6, 6.07) is 2.12. The molecule has 0 amide bonds. The van der Waals surface area contributed by atoms with E-state index in [-0.39, 0.29) is 5.15 Å². The van der Waals surface area contributed by atoms with Gasteiger partial charge in [-0.1, -0.05) is 30.1 Å². The monoisotopic (exact) mass is 240 g/mol. The quantitative estimate of drug-likeness (QED) is 0.653. The maximum absolute atomic E-state index is 9.03. The first-order valence-electron chi connectivity index (χ1n) is 4.90. The standard InChI is InChI=1S/C11H10Cl2N2/c1-6-2-3-7-8(4-6)9(5-14)11(13)15-10(7)12/h6H,2-4H2,1H3. The summed E-state index contributed by atoms with van der Waals surface area (Å²) in [4.78, 5) is 3.99.